The van der Waals surface area contributed by atoms with Crippen LogP contribution in [0.15, 0.2) is 47.6 Å². The van der Waals surface area contributed by atoms with Crippen LogP contribution in [-0.4, -0.2) is 34.2 Å². The van der Waals surface area contributed by atoms with Gasteiger partial charge in [0.1, 0.15) is 0 Å². The number of aliphatic hydroxyl groups is 2. The number of amides is 2. The summed E-state index contributed by atoms with van der Waals surface area (Å²) in [6, 6.07) is 0. The molecule has 40 heavy (non-hydrogen) atoms. The number of carbonyl (C=O) groups excluding carboxylic acids is 2. The minimum atomic E-state index is -0.612. The normalized spacial score (nSPS) is 22.9. The van der Waals surface area contributed by atoms with Crippen LogP contribution in [0.1, 0.15) is 109 Å². The molecule has 6 nitrogen and oxygen atoms in total. The number of hydrogen-bond acceptors (Lipinski definition) is 4. The summed E-state index contributed by atoms with van der Waals surface area (Å²) < 4.78 is 0. The minimum absolute atomic E-state index is 0.197. The number of rotatable bonds is 6. The van der Waals surface area contributed by atoms with Crippen molar-refractivity contribution in [2.24, 2.45) is 32.5 Å². The first-order chi connectivity index (χ1) is 18.0. The van der Waals surface area contributed by atoms with E-state index in [4.69, 9.17) is 0 Å². The fourth-order valence-corrected chi connectivity index (χ4v) is 7.57. The van der Waals surface area contributed by atoms with E-state index in [1.807, 2.05) is 24.3 Å². The molecule has 2 amide bonds. The molecule has 0 aliphatic heterocycles. The number of aliphatic hydroxyl groups excluding tert-OH is 2. The molecule has 0 aromatic carbocycles. The summed E-state index contributed by atoms with van der Waals surface area (Å²) in [5, 5.41) is 22.0. The third-order valence-electron chi connectivity index (χ3n) is 9.33. The van der Waals surface area contributed by atoms with Crippen LogP contribution in [0.2, 0.25) is 0 Å². The molecule has 226 valence electrons. The first kappa shape index (κ1) is 34.0. The smallest absolute Gasteiger partial charge is 0.238 e. The summed E-state index contributed by atoms with van der Waals surface area (Å²) in [4.78, 5) is 25.2. The predicted octanol–water partition coefficient (Wildman–Crippen LogP) is 6.57. The van der Waals surface area contributed by atoms with Crippen LogP contribution in [-0.2, 0) is 9.59 Å². The van der Waals surface area contributed by atoms with Gasteiger partial charge in [0.05, 0.1) is 12.2 Å². The molecule has 2 aliphatic rings. The predicted molar refractivity (Wildman–Crippen MR) is 164 cm³/mol. The fraction of sp³-hybridized carbons (Fsp3) is 0.706. The Labute approximate surface area is 243 Å². The third-order valence-corrected chi connectivity index (χ3v) is 9.33. The quantitative estimate of drug-likeness (QED) is 0.278. The second-order valence-electron chi connectivity index (χ2n) is 15.9. The van der Waals surface area contributed by atoms with Crippen molar-refractivity contribution in [3.05, 3.63) is 47.6 Å². The first-order valence-electron chi connectivity index (χ1n) is 14.7. The lowest BCUT2D eigenvalue weighted by molar-refractivity contribution is -0.128. The lowest BCUT2D eigenvalue weighted by atomic mass is 9.50. The molecule has 0 radical (unpaired) electrons. The topological polar surface area (TPSA) is 98.7 Å². The Hall–Kier alpha value is -2.18. The van der Waals surface area contributed by atoms with Crippen LogP contribution < -0.4 is 10.9 Å². The van der Waals surface area contributed by atoms with E-state index in [2.05, 4.69) is 106 Å². The van der Waals surface area contributed by atoms with Crippen LogP contribution in [0.4, 0.5) is 0 Å². The maximum Gasteiger partial charge on any atom is 0.238 e. The Morgan fingerprint density at radius 1 is 0.625 bits per heavy atom. The van der Waals surface area contributed by atoms with Crippen LogP contribution in [0.5, 0.6) is 0 Å². The van der Waals surface area contributed by atoms with E-state index in [0.717, 1.165) is 11.1 Å². The highest BCUT2D eigenvalue weighted by atomic mass is 16.3. The van der Waals surface area contributed by atoms with Gasteiger partial charge in [-0.25, -0.2) is 0 Å². The number of hydrogen-bond donors (Lipinski definition) is 4. The van der Waals surface area contributed by atoms with Crippen molar-refractivity contribution in [2.45, 2.75) is 121 Å². The maximum absolute atomic E-state index is 12.6. The third kappa shape index (κ3) is 6.65. The zero-order chi connectivity index (χ0) is 30.9. The fourth-order valence-electron chi connectivity index (χ4n) is 7.57. The van der Waals surface area contributed by atoms with E-state index >= 15 is 0 Å². The van der Waals surface area contributed by atoms with E-state index in [9.17, 15) is 19.8 Å². The Morgan fingerprint density at radius 2 is 0.900 bits per heavy atom. The van der Waals surface area contributed by atoms with Crippen LogP contribution >= 0.6 is 0 Å². The molecule has 0 saturated heterocycles. The molecule has 0 aromatic rings. The van der Waals surface area contributed by atoms with E-state index in [-0.39, 0.29) is 46.3 Å². The summed E-state index contributed by atoms with van der Waals surface area (Å²) in [5.41, 5.74) is 5.38. The Morgan fingerprint density at radius 3 is 1.15 bits per heavy atom. The van der Waals surface area contributed by atoms with E-state index in [1.54, 1.807) is 0 Å². The summed E-state index contributed by atoms with van der Waals surface area (Å²) in [7, 11) is 0. The Balaban J connectivity index is 1.99. The molecular weight excluding hydrogens is 500 g/mol. The molecule has 2 rings (SSSR count). The van der Waals surface area contributed by atoms with Gasteiger partial charge in [-0.1, -0.05) is 131 Å². The molecule has 0 bridgehead atoms. The molecule has 6 heteroatoms. The monoisotopic (exact) mass is 556 g/mol. The molecular formula is C34H56N2O4. The van der Waals surface area contributed by atoms with Crippen molar-refractivity contribution in [2.75, 3.05) is 0 Å². The van der Waals surface area contributed by atoms with Gasteiger partial charge < -0.3 is 10.2 Å². The van der Waals surface area contributed by atoms with Crippen LogP contribution in [0.25, 0.3) is 0 Å². The number of nitrogens with one attached hydrogen (secondary N) is 2. The van der Waals surface area contributed by atoms with Gasteiger partial charge in [-0.05, 0) is 34.5 Å². The average Bonchev–Trinajstić information content (AvgIpc) is 2.78. The van der Waals surface area contributed by atoms with Crippen molar-refractivity contribution in [3.8, 4) is 0 Å². The van der Waals surface area contributed by atoms with E-state index in [1.165, 1.54) is 0 Å². The van der Waals surface area contributed by atoms with Crippen LogP contribution in [0.3, 0.4) is 0 Å². The molecule has 0 spiro atoms. The summed E-state index contributed by atoms with van der Waals surface area (Å²) >= 11 is 0. The zero-order valence-electron chi connectivity index (χ0n) is 27.2. The Bertz CT molecular complexity index is 951. The minimum Gasteiger partial charge on any atom is -0.388 e. The van der Waals surface area contributed by atoms with Crippen molar-refractivity contribution in [1.82, 2.24) is 10.9 Å². The van der Waals surface area contributed by atoms with Gasteiger partial charge in [0, 0.05) is 23.7 Å². The van der Waals surface area contributed by atoms with E-state index in [0.29, 0.717) is 12.8 Å². The van der Waals surface area contributed by atoms with Crippen LogP contribution in [0, 0.1) is 32.5 Å². The molecule has 0 fully saturated rings. The molecule has 0 saturated carbocycles. The molecule has 4 N–H and O–H groups in total. The summed E-state index contributed by atoms with van der Waals surface area (Å²) in [6.45, 7) is 25.7. The highest BCUT2D eigenvalue weighted by Crippen LogP contribution is 2.58. The van der Waals surface area contributed by atoms with Crippen molar-refractivity contribution in [3.63, 3.8) is 0 Å². The van der Waals surface area contributed by atoms with Crippen molar-refractivity contribution in [1.29, 1.82) is 0 Å². The van der Waals surface area contributed by atoms with Gasteiger partial charge in [0.15, 0.2) is 0 Å². The molecule has 2 atom stereocenters. The number of hydrazine groups is 1. The molecule has 0 heterocycles. The van der Waals surface area contributed by atoms with Gasteiger partial charge in [-0.3, -0.25) is 20.4 Å². The van der Waals surface area contributed by atoms with Crippen molar-refractivity contribution < 1.29 is 19.8 Å². The largest absolute Gasteiger partial charge is 0.388 e. The first-order valence-corrected chi connectivity index (χ1v) is 14.7. The van der Waals surface area contributed by atoms with E-state index < -0.39 is 23.0 Å². The number of carbonyl (C=O) groups is 2. The van der Waals surface area contributed by atoms with Gasteiger partial charge in [0.25, 0.3) is 0 Å². The van der Waals surface area contributed by atoms with Gasteiger partial charge in [0.2, 0.25) is 11.8 Å². The summed E-state index contributed by atoms with van der Waals surface area (Å²) in [5.74, 6) is -0.518. The highest BCUT2D eigenvalue weighted by molar-refractivity contribution is 5.82. The summed E-state index contributed by atoms with van der Waals surface area (Å²) in [6.07, 6.45) is 12.1. The second kappa shape index (κ2) is 11.6. The zero-order valence-corrected chi connectivity index (χ0v) is 27.2. The van der Waals surface area contributed by atoms with Gasteiger partial charge in [-0.2, -0.15) is 0 Å². The molecule has 0 aromatic heterocycles. The number of allylic oxidation sites excluding steroid dienone is 4. The van der Waals surface area contributed by atoms with Gasteiger partial charge >= 0.3 is 0 Å². The lowest BCUT2D eigenvalue weighted by Crippen LogP contribution is -2.53. The average molecular weight is 557 g/mol. The Kier molecular flexibility index (Phi) is 9.87. The van der Waals surface area contributed by atoms with Gasteiger partial charge in [-0.15, -0.1) is 0 Å². The molecule has 2 unspecified atom stereocenters. The van der Waals surface area contributed by atoms with Crippen molar-refractivity contribution >= 4 is 11.8 Å². The second-order valence-corrected chi connectivity index (χ2v) is 15.9. The standard InChI is InChI=1S/C34H56N2O4/c1-29(2,3)33(30(4,5)6)21-23(13-17-25(33)37)15-19-27(39)35-36-28(40)20-16-24-14-18-26(38)34(22-24,31(7,8)9)32(10,11)12/h13-14,17-18,21-22,25-26,37-38H,15-16,19-20H2,1-12H3,(H,35,39)(H,36,40). The highest BCUT2D eigenvalue weighted by Gasteiger charge is 2.55. The molecule has 2 aliphatic carbocycles. The SMILES string of the molecule is CC(C)(C)C1(C(C)(C)C)C=C(CCC(=O)NNC(=O)CCC2=CC(C(C)(C)C)(C(C)(C)C)C(O)C=C2)C=CC1O. The lowest BCUT2D eigenvalue weighted by Gasteiger charge is -2.55. The maximum atomic E-state index is 12.6.